The number of hydrogen-bond acceptors (Lipinski definition) is 4. The van der Waals surface area contributed by atoms with Crippen LogP contribution in [0.25, 0.3) is 11.3 Å². The third kappa shape index (κ3) is 2.13. The lowest BCUT2D eigenvalue weighted by Gasteiger charge is -2.15. The Morgan fingerprint density at radius 1 is 1.35 bits per heavy atom. The molecule has 0 bridgehead atoms. The van der Waals surface area contributed by atoms with Gasteiger partial charge in [-0.3, -0.25) is 0 Å². The Labute approximate surface area is 98.3 Å². The molecule has 0 fully saturated rings. The van der Waals surface area contributed by atoms with Crippen LogP contribution >= 0.6 is 0 Å². The second kappa shape index (κ2) is 4.29. The van der Waals surface area contributed by atoms with Crippen molar-refractivity contribution in [3.05, 3.63) is 36.0 Å². The summed E-state index contributed by atoms with van der Waals surface area (Å²) in [5, 5.41) is 12.3. The van der Waals surface area contributed by atoms with E-state index in [9.17, 15) is 4.79 Å². The molecule has 88 valence electrons. The quantitative estimate of drug-likeness (QED) is 0.877. The molecular weight excluding hydrogens is 220 g/mol. The van der Waals surface area contributed by atoms with Crippen molar-refractivity contribution in [1.29, 1.82) is 0 Å². The van der Waals surface area contributed by atoms with Gasteiger partial charge in [-0.15, -0.1) is 0 Å². The average molecular weight is 232 g/mol. The molecule has 0 aliphatic rings. The third-order valence-corrected chi connectivity index (χ3v) is 2.38. The lowest BCUT2D eigenvalue weighted by atomic mass is 10.1. The van der Waals surface area contributed by atoms with Gasteiger partial charge in [0, 0.05) is 31.4 Å². The van der Waals surface area contributed by atoms with Crippen LogP contribution in [0.4, 0.5) is 5.69 Å². The average Bonchev–Trinajstić information content (AvgIpc) is 2.78. The van der Waals surface area contributed by atoms with Crippen molar-refractivity contribution in [3.63, 3.8) is 0 Å². The second-order valence-corrected chi connectivity index (χ2v) is 3.79. The predicted molar refractivity (Wildman–Crippen MR) is 63.2 cm³/mol. The number of benzene rings is 1. The Balaban J connectivity index is 2.48. The molecule has 0 saturated heterocycles. The normalized spacial score (nSPS) is 10.2. The highest BCUT2D eigenvalue weighted by atomic mass is 16.5. The van der Waals surface area contributed by atoms with Gasteiger partial charge < -0.3 is 14.5 Å². The number of carbonyl (C=O) groups is 1. The molecule has 0 spiro atoms. The zero-order valence-electron chi connectivity index (χ0n) is 9.54. The first-order valence-electron chi connectivity index (χ1n) is 5.06. The standard InChI is InChI=1S/C12H12N2O3/c1-14(2)10-6-4-3-5-8(10)11-7-9(12(15)16)13-17-11/h3-7H,1-2H3,(H,15,16). The summed E-state index contributed by atoms with van der Waals surface area (Å²) in [6, 6.07) is 8.99. The Bertz CT molecular complexity index is 546. The van der Waals surface area contributed by atoms with Gasteiger partial charge in [-0.1, -0.05) is 17.3 Å². The molecule has 0 aliphatic heterocycles. The van der Waals surface area contributed by atoms with E-state index in [0.717, 1.165) is 11.3 Å². The number of carboxylic acid groups (broad SMARTS) is 1. The largest absolute Gasteiger partial charge is 0.476 e. The smallest absolute Gasteiger partial charge is 0.358 e. The minimum Gasteiger partial charge on any atom is -0.476 e. The molecule has 1 aromatic heterocycles. The number of carboxylic acids is 1. The second-order valence-electron chi connectivity index (χ2n) is 3.79. The first kappa shape index (κ1) is 11.2. The van der Waals surface area contributed by atoms with E-state index in [1.54, 1.807) is 0 Å². The van der Waals surface area contributed by atoms with E-state index < -0.39 is 5.97 Å². The van der Waals surface area contributed by atoms with E-state index in [0.29, 0.717) is 5.76 Å². The summed E-state index contributed by atoms with van der Waals surface area (Å²) in [6.45, 7) is 0. The molecule has 2 aromatic rings. The maximum Gasteiger partial charge on any atom is 0.358 e. The maximum atomic E-state index is 10.7. The molecule has 1 aromatic carbocycles. The molecule has 5 nitrogen and oxygen atoms in total. The van der Waals surface area contributed by atoms with Crippen LogP contribution in [0.15, 0.2) is 34.9 Å². The Morgan fingerprint density at radius 3 is 2.65 bits per heavy atom. The van der Waals surface area contributed by atoms with Crippen LogP contribution < -0.4 is 4.90 Å². The first-order chi connectivity index (χ1) is 8.09. The molecule has 0 radical (unpaired) electrons. The van der Waals surface area contributed by atoms with E-state index in [2.05, 4.69) is 5.16 Å². The van der Waals surface area contributed by atoms with Crippen molar-refractivity contribution < 1.29 is 14.4 Å². The number of rotatable bonds is 3. The first-order valence-corrected chi connectivity index (χ1v) is 5.06. The molecule has 1 N–H and O–H groups in total. The van der Waals surface area contributed by atoms with Crippen LogP contribution in [0, 0.1) is 0 Å². The van der Waals surface area contributed by atoms with Crippen molar-refractivity contribution in [2.24, 2.45) is 0 Å². The van der Waals surface area contributed by atoms with Crippen molar-refractivity contribution in [3.8, 4) is 11.3 Å². The highest BCUT2D eigenvalue weighted by Gasteiger charge is 2.15. The van der Waals surface area contributed by atoms with Gasteiger partial charge in [-0.05, 0) is 12.1 Å². The Hall–Kier alpha value is -2.30. The summed E-state index contributed by atoms with van der Waals surface area (Å²) in [7, 11) is 3.82. The lowest BCUT2D eigenvalue weighted by molar-refractivity contribution is 0.0686. The molecule has 0 aliphatic carbocycles. The van der Waals surface area contributed by atoms with Crippen molar-refractivity contribution in [1.82, 2.24) is 5.16 Å². The monoisotopic (exact) mass is 232 g/mol. The van der Waals surface area contributed by atoms with Crippen LogP contribution in [0.3, 0.4) is 0 Å². The van der Waals surface area contributed by atoms with E-state index in [4.69, 9.17) is 9.63 Å². The van der Waals surface area contributed by atoms with Crippen LogP contribution in [0.5, 0.6) is 0 Å². The fourth-order valence-electron chi connectivity index (χ4n) is 1.57. The molecule has 5 heteroatoms. The molecule has 0 saturated carbocycles. The number of aromatic nitrogens is 1. The van der Waals surface area contributed by atoms with Crippen molar-refractivity contribution >= 4 is 11.7 Å². The summed E-state index contributed by atoms with van der Waals surface area (Å²) < 4.78 is 5.05. The van der Waals surface area contributed by atoms with Gasteiger partial charge in [-0.25, -0.2) is 4.79 Å². The van der Waals surface area contributed by atoms with Crippen molar-refractivity contribution in [2.75, 3.05) is 19.0 Å². The molecule has 0 unspecified atom stereocenters. The predicted octanol–water partition coefficient (Wildman–Crippen LogP) is 2.11. The topological polar surface area (TPSA) is 66.6 Å². The van der Waals surface area contributed by atoms with E-state index in [1.807, 2.05) is 43.3 Å². The molecule has 2 rings (SSSR count). The van der Waals surface area contributed by atoms with E-state index >= 15 is 0 Å². The van der Waals surface area contributed by atoms with Gasteiger partial charge in [0.05, 0.1) is 0 Å². The van der Waals surface area contributed by atoms with E-state index in [1.165, 1.54) is 6.07 Å². The molecular formula is C12H12N2O3. The highest BCUT2D eigenvalue weighted by molar-refractivity contribution is 5.87. The fourth-order valence-corrected chi connectivity index (χ4v) is 1.57. The van der Waals surface area contributed by atoms with Crippen LogP contribution in [-0.4, -0.2) is 30.3 Å². The number of nitrogens with zero attached hydrogens (tertiary/aromatic N) is 2. The molecule has 0 amide bonds. The van der Waals surface area contributed by atoms with E-state index in [-0.39, 0.29) is 5.69 Å². The van der Waals surface area contributed by atoms with Crippen LogP contribution in [0.1, 0.15) is 10.5 Å². The SMILES string of the molecule is CN(C)c1ccccc1-c1cc(C(=O)O)no1. The number of hydrogen-bond donors (Lipinski definition) is 1. The summed E-state index contributed by atoms with van der Waals surface area (Å²) in [4.78, 5) is 12.7. The van der Waals surface area contributed by atoms with Gasteiger partial charge in [0.1, 0.15) is 0 Å². The van der Waals surface area contributed by atoms with Gasteiger partial charge >= 0.3 is 5.97 Å². The van der Waals surface area contributed by atoms with Gasteiger partial charge in [0.2, 0.25) is 0 Å². The minimum atomic E-state index is -1.10. The fraction of sp³-hybridized carbons (Fsp3) is 0.167. The van der Waals surface area contributed by atoms with Crippen LogP contribution in [0.2, 0.25) is 0 Å². The number of para-hydroxylation sites is 1. The minimum absolute atomic E-state index is 0.0893. The lowest BCUT2D eigenvalue weighted by Crippen LogP contribution is -2.09. The molecule has 17 heavy (non-hydrogen) atoms. The Morgan fingerprint density at radius 2 is 2.06 bits per heavy atom. The van der Waals surface area contributed by atoms with Crippen LogP contribution in [-0.2, 0) is 0 Å². The van der Waals surface area contributed by atoms with Gasteiger partial charge in [0.25, 0.3) is 0 Å². The van der Waals surface area contributed by atoms with Crippen molar-refractivity contribution in [2.45, 2.75) is 0 Å². The molecule has 1 heterocycles. The number of aromatic carboxylic acids is 1. The Kier molecular flexibility index (Phi) is 2.82. The summed E-state index contributed by atoms with van der Waals surface area (Å²) in [5.74, 6) is -0.644. The summed E-state index contributed by atoms with van der Waals surface area (Å²) >= 11 is 0. The summed E-state index contributed by atoms with van der Waals surface area (Å²) in [5.41, 5.74) is 1.67. The zero-order chi connectivity index (χ0) is 12.4. The third-order valence-electron chi connectivity index (χ3n) is 2.38. The zero-order valence-corrected chi connectivity index (χ0v) is 9.54. The maximum absolute atomic E-state index is 10.7. The number of anilines is 1. The summed E-state index contributed by atoms with van der Waals surface area (Å²) in [6.07, 6.45) is 0. The van der Waals surface area contributed by atoms with Gasteiger partial charge in [-0.2, -0.15) is 0 Å². The molecule has 0 atom stereocenters. The van der Waals surface area contributed by atoms with Gasteiger partial charge in [0.15, 0.2) is 11.5 Å². The highest BCUT2D eigenvalue weighted by Crippen LogP contribution is 2.29.